The van der Waals surface area contributed by atoms with Crippen LogP contribution in [0.4, 0.5) is 0 Å². The summed E-state index contributed by atoms with van der Waals surface area (Å²) in [4.78, 5) is 0. The minimum absolute atomic E-state index is 0.0539. The third kappa shape index (κ3) is 2.77. The molecule has 0 aromatic heterocycles. The van der Waals surface area contributed by atoms with E-state index in [1.54, 1.807) is 0 Å². The average molecular weight is 158 g/mol. The first-order valence-electron chi connectivity index (χ1n) is 4.19. The van der Waals surface area contributed by atoms with E-state index in [4.69, 9.17) is 10.6 Å². The van der Waals surface area contributed by atoms with Gasteiger partial charge in [-0.2, -0.15) is 0 Å². The summed E-state index contributed by atoms with van der Waals surface area (Å²) < 4.78 is 5.28. The van der Waals surface area contributed by atoms with Gasteiger partial charge in [0.2, 0.25) is 0 Å². The number of hydrazine groups is 1. The summed E-state index contributed by atoms with van der Waals surface area (Å²) in [6, 6.07) is 0. The number of hydrogen-bond acceptors (Lipinski definition) is 3. The molecule has 0 saturated carbocycles. The van der Waals surface area contributed by atoms with Gasteiger partial charge in [-0.05, 0) is 32.6 Å². The predicted molar refractivity (Wildman–Crippen MR) is 44.9 cm³/mol. The van der Waals surface area contributed by atoms with E-state index in [0.29, 0.717) is 5.92 Å². The second kappa shape index (κ2) is 3.52. The Bertz CT molecular complexity index is 119. The van der Waals surface area contributed by atoms with E-state index in [1.807, 2.05) is 0 Å². The summed E-state index contributed by atoms with van der Waals surface area (Å²) in [5.41, 5.74) is 2.87. The lowest BCUT2D eigenvalue weighted by Gasteiger charge is -2.26. The second-order valence-electron chi connectivity index (χ2n) is 3.96. The van der Waals surface area contributed by atoms with Gasteiger partial charge >= 0.3 is 0 Å². The van der Waals surface area contributed by atoms with Crippen LogP contribution in [0.3, 0.4) is 0 Å². The smallest absolute Gasteiger partial charge is 0.0495 e. The van der Waals surface area contributed by atoms with Gasteiger partial charge in [0.05, 0.1) is 0 Å². The van der Waals surface area contributed by atoms with Crippen LogP contribution in [0, 0.1) is 5.92 Å². The second-order valence-corrected chi connectivity index (χ2v) is 3.96. The quantitative estimate of drug-likeness (QED) is 0.468. The largest absolute Gasteiger partial charge is 0.381 e. The van der Waals surface area contributed by atoms with E-state index in [9.17, 15) is 0 Å². The van der Waals surface area contributed by atoms with Crippen molar-refractivity contribution in [2.24, 2.45) is 11.8 Å². The number of ether oxygens (including phenoxy) is 1. The van der Waals surface area contributed by atoms with E-state index < -0.39 is 0 Å². The van der Waals surface area contributed by atoms with E-state index in [0.717, 1.165) is 19.6 Å². The molecule has 1 rings (SSSR count). The fourth-order valence-electron chi connectivity index (χ4n) is 1.52. The average Bonchev–Trinajstić information content (AvgIpc) is 2.39. The molecule has 0 aromatic rings. The van der Waals surface area contributed by atoms with E-state index >= 15 is 0 Å². The minimum Gasteiger partial charge on any atom is -0.381 e. The van der Waals surface area contributed by atoms with Crippen LogP contribution in [-0.2, 0) is 4.74 Å². The molecule has 0 bridgehead atoms. The van der Waals surface area contributed by atoms with Crippen molar-refractivity contribution in [1.29, 1.82) is 0 Å². The van der Waals surface area contributed by atoms with Gasteiger partial charge in [0, 0.05) is 18.8 Å². The van der Waals surface area contributed by atoms with Crippen molar-refractivity contribution >= 4 is 0 Å². The van der Waals surface area contributed by atoms with Crippen LogP contribution >= 0.6 is 0 Å². The Hall–Kier alpha value is -0.120. The van der Waals surface area contributed by atoms with E-state index in [-0.39, 0.29) is 5.54 Å². The van der Waals surface area contributed by atoms with Gasteiger partial charge in [-0.15, -0.1) is 0 Å². The number of nitrogens with two attached hydrogens (primary N) is 1. The Morgan fingerprint density at radius 1 is 1.64 bits per heavy atom. The predicted octanol–water partition coefficient (Wildman–Crippen LogP) is 0.655. The van der Waals surface area contributed by atoms with Gasteiger partial charge in [0.25, 0.3) is 0 Å². The van der Waals surface area contributed by atoms with Gasteiger partial charge in [0.15, 0.2) is 0 Å². The van der Waals surface area contributed by atoms with Gasteiger partial charge < -0.3 is 4.74 Å². The number of hydrogen-bond donors (Lipinski definition) is 2. The minimum atomic E-state index is 0.0539. The van der Waals surface area contributed by atoms with Crippen LogP contribution in [-0.4, -0.2) is 18.8 Å². The molecule has 1 atom stereocenters. The van der Waals surface area contributed by atoms with Crippen LogP contribution in [0.1, 0.15) is 26.7 Å². The van der Waals surface area contributed by atoms with Crippen LogP contribution in [0.15, 0.2) is 0 Å². The maximum absolute atomic E-state index is 5.39. The van der Waals surface area contributed by atoms with Crippen molar-refractivity contribution < 1.29 is 4.74 Å². The zero-order valence-electron chi connectivity index (χ0n) is 7.39. The summed E-state index contributed by atoms with van der Waals surface area (Å²) in [7, 11) is 0. The van der Waals surface area contributed by atoms with Crippen LogP contribution in [0.5, 0.6) is 0 Å². The van der Waals surface area contributed by atoms with Gasteiger partial charge in [-0.25, -0.2) is 0 Å². The van der Waals surface area contributed by atoms with Crippen LogP contribution in [0.25, 0.3) is 0 Å². The summed E-state index contributed by atoms with van der Waals surface area (Å²) in [5, 5.41) is 0. The highest BCUT2D eigenvalue weighted by Gasteiger charge is 2.24. The van der Waals surface area contributed by atoms with Gasteiger partial charge in [-0.1, -0.05) is 0 Å². The lowest BCUT2D eigenvalue weighted by Crippen LogP contribution is -2.45. The van der Waals surface area contributed by atoms with Crippen molar-refractivity contribution in [2.75, 3.05) is 13.2 Å². The standard InChI is InChI=1S/C8H18N2O/c1-8(2,10-9)5-7-3-4-11-6-7/h7,10H,3-6,9H2,1-2H3. The highest BCUT2D eigenvalue weighted by Crippen LogP contribution is 2.22. The zero-order valence-corrected chi connectivity index (χ0v) is 7.39. The van der Waals surface area contributed by atoms with Crippen molar-refractivity contribution in [2.45, 2.75) is 32.2 Å². The van der Waals surface area contributed by atoms with Gasteiger partial charge in [-0.3, -0.25) is 11.3 Å². The molecule has 0 aliphatic carbocycles. The molecular weight excluding hydrogens is 140 g/mol. The molecule has 66 valence electrons. The fraction of sp³-hybridized carbons (Fsp3) is 1.00. The number of rotatable bonds is 3. The molecule has 3 heteroatoms. The van der Waals surface area contributed by atoms with Crippen molar-refractivity contribution in [3.63, 3.8) is 0 Å². The first-order valence-corrected chi connectivity index (χ1v) is 4.19. The van der Waals surface area contributed by atoms with Crippen molar-refractivity contribution in [3.8, 4) is 0 Å². The van der Waals surface area contributed by atoms with Crippen molar-refractivity contribution in [3.05, 3.63) is 0 Å². The van der Waals surface area contributed by atoms with Crippen LogP contribution < -0.4 is 11.3 Å². The summed E-state index contributed by atoms with van der Waals surface area (Å²) >= 11 is 0. The highest BCUT2D eigenvalue weighted by molar-refractivity contribution is 4.80. The molecule has 1 unspecified atom stereocenters. The molecule has 1 aliphatic heterocycles. The summed E-state index contributed by atoms with van der Waals surface area (Å²) in [6.07, 6.45) is 2.29. The molecule has 0 radical (unpaired) electrons. The third-order valence-corrected chi connectivity index (χ3v) is 2.21. The number of nitrogens with one attached hydrogen (secondary N) is 1. The molecule has 1 fully saturated rings. The lowest BCUT2D eigenvalue weighted by molar-refractivity contribution is 0.175. The fourth-order valence-corrected chi connectivity index (χ4v) is 1.52. The molecule has 1 aliphatic rings. The monoisotopic (exact) mass is 158 g/mol. The Balaban J connectivity index is 2.28. The Morgan fingerprint density at radius 2 is 2.36 bits per heavy atom. The molecule has 1 saturated heterocycles. The molecule has 3 N–H and O–H groups in total. The molecular formula is C8H18N2O. The lowest BCUT2D eigenvalue weighted by atomic mass is 9.91. The molecule has 0 amide bonds. The highest BCUT2D eigenvalue weighted by atomic mass is 16.5. The Labute approximate surface area is 68.3 Å². The normalized spacial score (nSPS) is 25.9. The maximum atomic E-state index is 5.39. The van der Waals surface area contributed by atoms with Crippen LogP contribution in [0.2, 0.25) is 0 Å². The van der Waals surface area contributed by atoms with Gasteiger partial charge in [0.1, 0.15) is 0 Å². The summed E-state index contributed by atoms with van der Waals surface area (Å²) in [5.74, 6) is 6.09. The van der Waals surface area contributed by atoms with Crippen molar-refractivity contribution in [1.82, 2.24) is 5.43 Å². The van der Waals surface area contributed by atoms with E-state index in [2.05, 4.69) is 19.3 Å². The first-order chi connectivity index (χ1) is 5.14. The Morgan fingerprint density at radius 3 is 2.82 bits per heavy atom. The third-order valence-electron chi connectivity index (χ3n) is 2.21. The maximum Gasteiger partial charge on any atom is 0.0495 e. The molecule has 11 heavy (non-hydrogen) atoms. The molecule has 3 nitrogen and oxygen atoms in total. The first kappa shape index (κ1) is 8.97. The van der Waals surface area contributed by atoms with E-state index in [1.165, 1.54) is 6.42 Å². The molecule has 0 aromatic carbocycles. The Kier molecular flexibility index (Phi) is 2.87. The molecule has 1 heterocycles. The summed E-state index contributed by atoms with van der Waals surface area (Å²) in [6.45, 7) is 6.06. The molecule has 0 spiro atoms. The topological polar surface area (TPSA) is 47.3 Å². The zero-order chi connectivity index (χ0) is 8.32. The SMILES string of the molecule is CC(C)(CC1CCOC1)NN.